The molecule has 4 heteroatoms. The molecule has 2 rings (SSSR count). The van der Waals surface area contributed by atoms with Crippen molar-refractivity contribution in [2.24, 2.45) is 0 Å². The first kappa shape index (κ1) is 15.7. The van der Waals surface area contributed by atoms with Crippen molar-refractivity contribution in [2.45, 2.75) is 19.4 Å². The molecular weight excluding hydrogens is 280 g/mol. The maximum Gasteiger partial charge on any atom is 0.0771 e. The van der Waals surface area contributed by atoms with E-state index in [0.717, 1.165) is 24.4 Å². The lowest BCUT2D eigenvalue weighted by atomic mass is 10.2. The third kappa shape index (κ3) is 5.68. The second kappa shape index (κ2) is 8.58. The topological polar surface area (TPSA) is 36.4 Å². The Morgan fingerprint density at radius 1 is 1.24 bits per heavy atom. The lowest BCUT2D eigenvalue weighted by molar-refractivity contribution is 0.305. The van der Waals surface area contributed by atoms with Crippen LogP contribution in [0.4, 0.5) is 0 Å². The molecule has 21 heavy (non-hydrogen) atoms. The SMILES string of the molecule is CN(CCc1ccncc1)Cc1ccc(C#CCCO)s1. The maximum atomic E-state index is 8.71. The van der Waals surface area contributed by atoms with E-state index in [4.69, 9.17) is 5.11 Å². The minimum Gasteiger partial charge on any atom is -0.395 e. The molecule has 0 radical (unpaired) electrons. The first-order chi connectivity index (χ1) is 10.3. The van der Waals surface area contributed by atoms with Crippen molar-refractivity contribution in [1.29, 1.82) is 0 Å². The molecule has 0 aromatic carbocycles. The van der Waals surface area contributed by atoms with Crippen molar-refractivity contribution in [3.8, 4) is 11.8 Å². The summed E-state index contributed by atoms with van der Waals surface area (Å²) in [6.07, 6.45) is 5.25. The van der Waals surface area contributed by atoms with Crippen LogP contribution in [-0.4, -0.2) is 35.2 Å². The number of aliphatic hydroxyl groups excluding tert-OH is 1. The van der Waals surface area contributed by atoms with Gasteiger partial charge in [-0.3, -0.25) is 4.98 Å². The Balaban J connectivity index is 1.80. The minimum absolute atomic E-state index is 0.128. The predicted octanol–water partition coefficient (Wildman–Crippen LogP) is 2.55. The van der Waals surface area contributed by atoms with E-state index in [1.54, 1.807) is 11.3 Å². The van der Waals surface area contributed by atoms with E-state index >= 15 is 0 Å². The minimum atomic E-state index is 0.128. The molecule has 0 aliphatic heterocycles. The number of thiophene rings is 1. The van der Waals surface area contributed by atoms with E-state index in [9.17, 15) is 0 Å². The number of hydrogen-bond donors (Lipinski definition) is 1. The second-order valence-electron chi connectivity index (χ2n) is 4.88. The molecule has 0 saturated heterocycles. The zero-order valence-corrected chi connectivity index (χ0v) is 13.1. The molecule has 0 unspecified atom stereocenters. The van der Waals surface area contributed by atoms with Gasteiger partial charge in [0.25, 0.3) is 0 Å². The molecule has 2 heterocycles. The molecule has 0 atom stereocenters. The van der Waals surface area contributed by atoms with Crippen molar-refractivity contribution in [2.75, 3.05) is 20.2 Å². The highest BCUT2D eigenvalue weighted by atomic mass is 32.1. The lowest BCUT2D eigenvalue weighted by Crippen LogP contribution is -2.20. The summed E-state index contributed by atoms with van der Waals surface area (Å²) in [7, 11) is 2.14. The zero-order valence-electron chi connectivity index (χ0n) is 12.2. The molecule has 0 saturated carbocycles. The average molecular weight is 300 g/mol. The largest absolute Gasteiger partial charge is 0.395 e. The van der Waals surface area contributed by atoms with Crippen LogP contribution in [0, 0.1) is 11.8 Å². The van der Waals surface area contributed by atoms with Crippen molar-refractivity contribution >= 4 is 11.3 Å². The molecule has 0 aliphatic rings. The van der Waals surface area contributed by atoms with Gasteiger partial charge in [-0.2, -0.15) is 0 Å². The number of hydrogen-bond acceptors (Lipinski definition) is 4. The fourth-order valence-corrected chi connectivity index (χ4v) is 2.91. The van der Waals surface area contributed by atoms with Gasteiger partial charge >= 0.3 is 0 Å². The van der Waals surface area contributed by atoms with Crippen LogP contribution in [0.25, 0.3) is 0 Å². The van der Waals surface area contributed by atoms with E-state index in [2.05, 4.69) is 53.0 Å². The quantitative estimate of drug-likeness (QED) is 0.833. The average Bonchev–Trinajstić information content (AvgIpc) is 2.94. The first-order valence-corrected chi connectivity index (χ1v) is 7.85. The van der Waals surface area contributed by atoms with Crippen molar-refractivity contribution < 1.29 is 5.11 Å². The molecule has 0 bridgehead atoms. The Kier molecular flexibility index (Phi) is 6.42. The highest BCUT2D eigenvalue weighted by Crippen LogP contribution is 2.17. The van der Waals surface area contributed by atoms with E-state index in [-0.39, 0.29) is 6.61 Å². The van der Waals surface area contributed by atoms with Crippen LogP contribution in [0.1, 0.15) is 21.7 Å². The highest BCUT2D eigenvalue weighted by Gasteiger charge is 2.03. The Morgan fingerprint density at radius 3 is 2.81 bits per heavy atom. The Labute approximate surface area is 130 Å². The van der Waals surface area contributed by atoms with Crippen LogP contribution in [0.3, 0.4) is 0 Å². The lowest BCUT2D eigenvalue weighted by Gasteiger charge is -2.15. The van der Waals surface area contributed by atoms with Gasteiger partial charge in [-0.05, 0) is 43.3 Å². The molecule has 3 nitrogen and oxygen atoms in total. The van der Waals surface area contributed by atoms with Crippen LogP contribution in [0.15, 0.2) is 36.7 Å². The van der Waals surface area contributed by atoms with Gasteiger partial charge in [-0.25, -0.2) is 0 Å². The summed E-state index contributed by atoms with van der Waals surface area (Å²) >= 11 is 1.73. The highest BCUT2D eigenvalue weighted by molar-refractivity contribution is 7.12. The fraction of sp³-hybridized carbons (Fsp3) is 0.353. The summed E-state index contributed by atoms with van der Waals surface area (Å²) in [6, 6.07) is 8.32. The van der Waals surface area contributed by atoms with E-state index < -0.39 is 0 Å². The van der Waals surface area contributed by atoms with E-state index in [1.165, 1.54) is 10.4 Å². The fourth-order valence-electron chi connectivity index (χ4n) is 1.95. The van der Waals surface area contributed by atoms with E-state index in [0.29, 0.717) is 6.42 Å². The Bertz CT molecular complexity index is 598. The molecule has 2 aromatic heterocycles. The summed E-state index contributed by atoms with van der Waals surface area (Å²) in [6.45, 7) is 2.09. The predicted molar refractivity (Wildman–Crippen MR) is 87.2 cm³/mol. The molecule has 1 N–H and O–H groups in total. The van der Waals surface area contributed by atoms with Gasteiger partial charge in [0.2, 0.25) is 0 Å². The van der Waals surface area contributed by atoms with E-state index in [1.807, 2.05) is 12.4 Å². The third-order valence-electron chi connectivity index (χ3n) is 3.07. The summed E-state index contributed by atoms with van der Waals surface area (Å²) in [4.78, 5) is 8.74. The molecule has 110 valence electrons. The molecule has 0 fully saturated rings. The van der Waals surface area contributed by atoms with Gasteiger partial charge < -0.3 is 10.0 Å². The van der Waals surface area contributed by atoms with Gasteiger partial charge in [0, 0.05) is 36.8 Å². The molecular formula is C17H20N2OS. The number of rotatable bonds is 6. The third-order valence-corrected chi connectivity index (χ3v) is 4.05. The summed E-state index contributed by atoms with van der Waals surface area (Å²) in [5.74, 6) is 6.04. The number of likely N-dealkylation sites (N-methyl/N-ethyl adjacent to an activating group) is 1. The normalized spacial score (nSPS) is 10.4. The molecule has 0 spiro atoms. The Morgan fingerprint density at radius 2 is 2.05 bits per heavy atom. The molecule has 2 aromatic rings. The van der Waals surface area contributed by atoms with Crippen molar-refractivity contribution in [3.05, 3.63) is 52.0 Å². The monoisotopic (exact) mass is 300 g/mol. The summed E-state index contributed by atoms with van der Waals surface area (Å²) < 4.78 is 0. The Hall–Kier alpha value is -1.67. The summed E-state index contributed by atoms with van der Waals surface area (Å²) in [5, 5.41) is 8.71. The first-order valence-electron chi connectivity index (χ1n) is 7.04. The van der Waals surface area contributed by atoms with Crippen LogP contribution >= 0.6 is 11.3 Å². The van der Waals surface area contributed by atoms with Crippen LogP contribution in [0.2, 0.25) is 0 Å². The van der Waals surface area contributed by atoms with Gasteiger partial charge in [-0.15, -0.1) is 11.3 Å². The van der Waals surface area contributed by atoms with Crippen LogP contribution in [0.5, 0.6) is 0 Å². The number of aromatic nitrogens is 1. The number of pyridine rings is 1. The van der Waals surface area contributed by atoms with Gasteiger partial charge in [0.05, 0.1) is 11.5 Å². The smallest absolute Gasteiger partial charge is 0.0771 e. The van der Waals surface area contributed by atoms with Crippen LogP contribution in [-0.2, 0) is 13.0 Å². The van der Waals surface area contributed by atoms with Gasteiger partial charge in [-0.1, -0.05) is 11.8 Å². The number of nitrogens with zero attached hydrogens (tertiary/aromatic N) is 2. The van der Waals surface area contributed by atoms with Crippen molar-refractivity contribution in [1.82, 2.24) is 9.88 Å². The van der Waals surface area contributed by atoms with Gasteiger partial charge in [0.15, 0.2) is 0 Å². The van der Waals surface area contributed by atoms with Crippen molar-refractivity contribution in [3.63, 3.8) is 0 Å². The molecule has 0 amide bonds. The van der Waals surface area contributed by atoms with Gasteiger partial charge in [0.1, 0.15) is 0 Å². The standard InChI is InChI=1S/C17H20N2OS/c1-19(12-9-15-7-10-18-11-8-15)14-17-6-5-16(21-17)4-2-3-13-20/h5-8,10-11,20H,3,9,12-14H2,1H3. The number of aliphatic hydroxyl groups is 1. The second-order valence-corrected chi connectivity index (χ2v) is 6.05. The zero-order chi connectivity index (χ0) is 14.9. The maximum absolute atomic E-state index is 8.71. The molecule has 0 aliphatic carbocycles. The van der Waals surface area contributed by atoms with Crippen LogP contribution < -0.4 is 0 Å². The summed E-state index contributed by atoms with van der Waals surface area (Å²) in [5.41, 5.74) is 1.32.